The predicted octanol–water partition coefficient (Wildman–Crippen LogP) is 2.18. The molecule has 1 fully saturated rings. The number of rotatable bonds is 3. The molecule has 5 nitrogen and oxygen atoms in total. The molecule has 4 rings (SSSR count). The quantitative estimate of drug-likeness (QED) is 0.896. The predicted molar refractivity (Wildman–Crippen MR) is 91.0 cm³/mol. The topological polar surface area (TPSA) is 89.3 Å². The van der Waals surface area contributed by atoms with Crippen molar-refractivity contribution >= 4 is 21.6 Å². The Morgan fingerprint density at radius 1 is 1.12 bits per heavy atom. The molecule has 24 heavy (non-hydrogen) atoms. The second-order valence-electron chi connectivity index (χ2n) is 6.63. The third kappa shape index (κ3) is 2.42. The molecule has 1 amide bonds. The summed E-state index contributed by atoms with van der Waals surface area (Å²) in [6.45, 7) is 0. The van der Waals surface area contributed by atoms with Crippen LogP contribution < -0.4 is 10.5 Å². The minimum atomic E-state index is -3.72. The van der Waals surface area contributed by atoms with Crippen LogP contribution in [-0.4, -0.2) is 14.3 Å². The Morgan fingerprint density at radius 3 is 2.54 bits per heavy atom. The molecule has 2 aromatic rings. The average Bonchev–Trinajstić information content (AvgIpc) is 3.17. The van der Waals surface area contributed by atoms with Crippen molar-refractivity contribution in [1.82, 2.24) is 0 Å². The lowest BCUT2D eigenvalue weighted by Gasteiger charge is -2.12. The number of hydrogen-bond acceptors (Lipinski definition) is 3. The molecule has 3 N–H and O–H groups in total. The van der Waals surface area contributed by atoms with Gasteiger partial charge in [-0.2, -0.15) is 0 Å². The van der Waals surface area contributed by atoms with Crippen molar-refractivity contribution in [3.8, 4) is 0 Å². The van der Waals surface area contributed by atoms with Crippen molar-refractivity contribution in [3.63, 3.8) is 0 Å². The number of nitrogens with one attached hydrogen (secondary N) is 1. The van der Waals surface area contributed by atoms with Gasteiger partial charge in [0.05, 0.1) is 4.90 Å². The summed E-state index contributed by atoms with van der Waals surface area (Å²) in [5.74, 6) is -0.0193. The SMILES string of the molecule is NS(=O)(=O)c1ccc(NC(=O)[C@@H]2C[C@]23CCc2ccccc23)cc1. The molecule has 124 valence electrons. The van der Waals surface area contributed by atoms with E-state index in [9.17, 15) is 13.2 Å². The van der Waals surface area contributed by atoms with Gasteiger partial charge in [-0.05, 0) is 54.7 Å². The Hall–Kier alpha value is -2.18. The van der Waals surface area contributed by atoms with Crippen LogP contribution in [0.3, 0.4) is 0 Å². The highest BCUT2D eigenvalue weighted by atomic mass is 32.2. The van der Waals surface area contributed by atoms with Gasteiger partial charge < -0.3 is 5.32 Å². The van der Waals surface area contributed by atoms with E-state index < -0.39 is 10.0 Å². The van der Waals surface area contributed by atoms with E-state index in [-0.39, 0.29) is 22.1 Å². The molecule has 0 saturated heterocycles. The van der Waals surface area contributed by atoms with Crippen molar-refractivity contribution in [2.75, 3.05) is 5.32 Å². The summed E-state index contributed by atoms with van der Waals surface area (Å²) in [5.41, 5.74) is 3.25. The molecule has 0 radical (unpaired) electrons. The van der Waals surface area contributed by atoms with Crippen LogP contribution in [0.25, 0.3) is 0 Å². The molecule has 0 heterocycles. The molecule has 2 atom stereocenters. The molecule has 0 aromatic heterocycles. The zero-order valence-corrected chi connectivity index (χ0v) is 13.8. The summed E-state index contributed by atoms with van der Waals surface area (Å²) in [6, 6.07) is 14.3. The van der Waals surface area contributed by atoms with Crippen molar-refractivity contribution in [3.05, 3.63) is 59.7 Å². The number of carbonyl (C=O) groups excluding carboxylic acids is 1. The van der Waals surface area contributed by atoms with Crippen LogP contribution in [0.15, 0.2) is 53.4 Å². The molecular formula is C18H18N2O3S. The third-order valence-corrected chi connectivity index (χ3v) is 6.17. The van der Waals surface area contributed by atoms with Gasteiger partial charge in [0.15, 0.2) is 0 Å². The number of sulfonamides is 1. The van der Waals surface area contributed by atoms with E-state index in [1.807, 2.05) is 12.1 Å². The van der Waals surface area contributed by atoms with E-state index in [1.54, 1.807) is 12.1 Å². The third-order valence-electron chi connectivity index (χ3n) is 5.24. The van der Waals surface area contributed by atoms with Crippen molar-refractivity contribution < 1.29 is 13.2 Å². The second-order valence-corrected chi connectivity index (χ2v) is 8.19. The minimum absolute atomic E-state index is 0.00121. The van der Waals surface area contributed by atoms with E-state index in [2.05, 4.69) is 17.4 Å². The van der Waals surface area contributed by atoms with Gasteiger partial charge in [0.2, 0.25) is 15.9 Å². The van der Waals surface area contributed by atoms with Gasteiger partial charge in [-0.3, -0.25) is 4.79 Å². The zero-order chi connectivity index (χ0) is 16.9. The molecule has 2 aliphatic carbocycles. The number of anilines is 1. The number of amides is 1. The number of primary sulfonamides is 1. The maximum Gasteiger partial charge on any atom is 0.238 e. The number of hydrogen-bond donors (Lipinski definition) is 2. The first-order valence-electron chi connectivity index (χ1n) is 7.92. The summed E-state index contributed by atoms with van der Waals surface area (Å²) < 4.78 is 22.5. The molecule has 0 bridgehead atoms. The molecule has 2 aliphatic rings. The monoisotopic (exact) mass is 342 g/mol. The summed E-state index contributed by atoms with van der Waals surface area (Å²) in [5, 5.41) is 7.96. The second kappa shape index (κ2) is 5.16. The lowest BCUT2D eigenvalue weighted by atomic mass is 9.95. The van der Waals surface area contributed by atoms with Crippen LogP contribution in [0.1, 0.15) is 24.0 Å². The van der Waals surface area contributed by atoms with E-state index >= 15 is 0 Å². The number of nitrogens with two attached hydrogens (primary N) is 1. The summed E-state index contributed by atoms with van der Waals surface area (Å²) in [7, 11) is -3.72. The first kappa shape index (κ1) is 15.4. The van der Waals surface area contributed by atoms with Gasteiger partial charge in [-0.15, -0.1) is 0 Å². The van der Waals surface area contributed by atoms with Crippen LogP contribution in [0.2, 0.25) is 0 Å². The highest BCUT2D eigenvalue weighted by molar-refractivity contribution is 7.89. The Kier molecular flexibility index (Phi) is 3.30. The fraction of sp³-hybridized carbons (Fsp3) is 0.278. The number of aryl methyl sites for hydroxylation is 1. The van der Waals surface area contributed by atoms with Gasteiger partial charge in [0.1, 0.15) is 0 Å². The molecule has 0 unspecified atom stereocenters. The molecule has 0 aliphatic heterocycles. The van der Waals surface area contributed by atoms with Gasteiger partial charge in [0, 0.05) is 17.0 Å². The van der Waals surface area contributed by atoms with E-state index in [1.165, 1.54) is 23.3 Å². The van der Waals surface area contributed by atoms with Crippen LogP contribution in [0.4, 0.5) is 5.69 Å². The largest absolute Gasteiger partial charge is 0.326 e. The van der Waals surface area contributed by atoms with Crippen LogP contribution in [-0.2, 0) is 26.7 Å². The lowest BCUT2D eigenvalue weighted by Crippen LogP contribution is -2.20. The highest BCUT2D eigenvalue weighted by Crippen LogP contribution is 2.61. The maximum atomic E-state index is 12.6. The van der Waals surface area contributed by atoms with Gasteiger partial charge in [-0.1, -0.05) is 24.3 Å². The Labute approximate surface area is 140 Å². The molecule has 1 saturated carbocycles. The number of benzene rings is 2. The van der Waals surface area contributed by atoms with Gasteiger partial charge in [0.25, 0.3) is 0 Å². The van der Waals surface area contributed by atoms with E-state index in [0.29, 0.717) is 5.69 Å². The van der Waals surface area contributed by atoms with Crippen molar-refractivity contribution in [2.24, 2.45) is 11.1 Å². The van der Waals surface area contributed by atoms with E-state index in [0.717, 1.165) is 19.3 Å². The van der Waals surface area contributed by atoms with Crippen molar-refractivity contribution in [1.29, 1.82) is 0 Å². The lowest BCUT2D eigenvalue weighted by molar-refractivity contribution is -0.117. The maximum absolute atomic E-state index is 12.6. The van der Waals surface area contributed by atoms with Crippen LogP contribution >= 0.6 is 0 Å². The summed E-state index contributed by atoms with van der Waals surface area (Å²) in [4.78, 5) is 12.6. The highest BCUT2D eigenvalue weighted by Gasteiger charge is 2.61. The van der Waals surface area contributed by atoms with Crippen LogP contribution in [0.5, 0.6) is 0 Å². The normalized spacial score (nSPS) is 24.6. The molecular weight excluding hydrogens is 324 g/mol. The summed E-state index contributed by atoms with van der Waals surface area (Å²) in [6.07, 6.45) is 2.93. The smallest absolute Gasteiger partial charge is 0.238 e. The zero-order valence-electron chi connectivity index (χ0n) is 13.0. The standard InChI is InChI=1S/C18H18N2O3S/c19-24(22,23)14-7-5-13(6-8-14)20-17(21)16-11-18(16)10-9-12-3-1-2-4-15(12)18/h1-8,16H,9-11H2,(H,20,21)(H2,19,22,23)/t16-,18-/m0/s1. The number of carbonyl (C=O) groups is 1. The Balaban J connectivity index is 1.49. The van der Waals surface area contributed by atoms with Gasteiger partial charge >= 0.3 is 0 Å². The molecule has 1 spiro atoms. The first-order chi connectivity index (χ1) is 11.4. The molecule has 6 heteroatoms. The fourth-order valence-electron chi connectivity index (χ4n) is 3.90. The average molecular weight is 342 g/mol. The van der Waals surface area contributed by atoms with Crippen molar-refractivity contribution in [2.45, 2.75) is 29.6 Å². The molecule has 2 aromatic carbocycles. The minimum Gasteiger partial charge on any atom is -0.326 e. The first-order valence-corrected chi connectivity index (χ1v) is 9.47. The van der Waals surface area contributed by atoms with Gasteiger partial charge in [-0.25, -0.2) is 13.6 Å². The van der Waals surface area contributed by atoms with Crippen LogP contribution in [0, 0.1) is 5.92 Å². The van der Waals surface area contributed by atoms with E-state index in [4.69, 9.17) is 5.14 Å². The fourth-order valence-corrected chi connectivity index (χ4v) is 4.41. The summed E-state index contributed by atoms with van der Waals surface area (Å²) >= 11 is 0. The Morgan fingerprint density at radius 2 is 1.83 bits per heavy atom. The number of fused-ring (bicyclic) bond motifs is 2. The Bertz CT molecular complexity index is 922.